The number of hydrogen-bond donors (Lipinski definition) is 1. The molecule has 0 spiro atoms. The Morgan fingerprint density at radius 2 is 2.50 bits per heavy atom. The Hall–Kier alpha value is -0.930. The average molecular weight is 221 g/mol. The number of aliphatic hydroxyl groups excluding tert-OH is 1. The highest BCUT2D eigenvalue weighted by atomic mass is 16.5. The second-order valence-corrected chi connectivity index (χ2v) is 4.27. The standard InChI is InChI=1S/C13H19NO2/c1-2-16-9-12(15)11-7-3-5-10-6-4-8-14-13(10)11/h4,6,8,11-12,15H,2-3,5,7,9H2,1H3. The molecule has 1 aromatic heterocycles. The van der Waals surface area contributed by atoms with Crippen LogP contribution in [0.15, 0.2) is 18.3 Å². The number of pyridine rings is 1. The molecule has 0 aliphatic heterocycles. The molecule has 2 rings (SSSR count). The van der Waals surface area contributed by atoms with Gasteiger partial charge in [-0.2, -0.15) is 0 Å². The van der Waals surface area contributed by atoms with Crippen LogP contribution in [0.1, 0.15) is 36.9 Å². The second kappa shape index (κ2) is 5.41. The van der Waals surface area contributed by atoms with Gasteiger partial charge in [-0.1, -0.05) is 6.07 Å². The summed E-state index contributed by atoms with van der Waals surface area (Å²) >= 11 is 0. The van der Waals surface area contributed by atoms with E-state index < -0.39 is 6.10 Å². The number of ether oxygens (including phenoxy) is 1. The molecule has 0 radical (unpaired) electrons. The Labute approximate surface area is 96.5 Å². The monoisotopic (exact) mass is 221 g/mol. The van der Waals surface area contributed by atoms with E-state index in [1.54, 1.807) is 0 Å². The Morgan fingerprint density at radius 1 is 1.62 bits per heavy atom. The summed E-state index contributed by atoms with van der Waals surface area (Å²) in [6, 6.07) is 4.08. The van der Waals surface area contributed by atoms with Crippen molar-refractivity contribution in [3.63, 3.8) is 0 Å². The smallest absolute Gasteiger partial charge is 0.0857 e. The van der Waals surface area contributed by atoms with Crippen molar-refractivity contribution in [2.45, 2.75) is 38.2 Å². The van der Waals surface area contributed by atoms with E-state index in [4.69, 9.17) is 4.74 Å². The van der Waals surface area contributed by atoms with Gasteiger partial charge in [-0.25, -0.2) is 0 Å². The zero-order valence-electron chi connectivity index (χ0n) is 9.72. The average Bonchev–Trinajstić information content (AvgIpc) is 2.35. The maximum Gasteiger partial charge on any atom is 0.0857 e. The zero-order valence-corrected chi connectivity index (χ0v) is 9.72. The fourth-order valence-corrected chi connectivity index (χ4v) is 2.37. The third-order valence-electron chi connectivity index (χ3n) is 3.20. The second-order valence-electron chi connectivity index (χ2n) is 4.27. The van der Waals surface area contributed by atoms with Gasteiger partial charge in [-0.3, -0.25) is 4.98 Å². The van der Waals surface area contributed by atoms with Crippen molar-refractivity contribution in [1.82, 2.24) is 4.98 Å². The Bertz CT molecular complexity index is 340. The highest BCUT2D eigenvalue weighted by Crippen LogP contribution is 2.32. The summed E-state index contributed by atoms with van der Waals surface area (Å²) in [5, 5.41) is 10.1. The molecule has 0 bridgehead atoms. The first-order valence-electron chi connectivity index (χ1n) is 6.02. The third-order valence-corrected chi connectivity index (χ3v) is 3.20. The Balaban J connectivity index is 2.12. The molecule has 1 aliphatic carbocycles. The van der Waals surface area contributed by atoms with E-state index in [0.29, 0.717) is 13.2 Å². The predicted molar refractivity (Wildman–Crippen MR) is 62.4 cm³/mol. The van der Waals surface area contributed by atoms with Gasteiger partial charge in [0.05, 0.1) is 12.7 Å². The molecule has 0 amide bonds. The number of rotatable bonds is 4. The van der Waals surface area contributed by atoms with Crippen LogP contribution in [0.3, 0.4) is 0 Å². The summed E-state index contributed by atoms with van der Waals surface area (Å²) in [6.07, 6.45) is 4.62. The first kappa shape index (κ1) is 11.6. The molecule has 3 heteroatoms. The molecular formula is C13H19NO2. The molecule has 0 fully saturated rings. The summed E-state index contributed by atoms with van der Waals surface area (Å²) in [7, 11) is 0. The van der Waals surface area contributed by atoms with E-state index in [9.17, 15) is 5.11 Å². The third kappa shape index (κ3) is 2.42. The van der Waals surface area contributed by atoms with Gasteiger partial charge in [0.1, 0.15) is 0 Å². The number of hydrogen-bond acceptors (Lipinski definition) is 3. The van der Waals surface area contributed by atoms with Gasteiger partial charge in [0.2, 0.25) is 0 Å². The molecule has 1 N–H and O–H groups in total. The van der Waals surface area contributed by atoms with Crippen LogP contribution >= 0.6 is 0 Å². The molecule has 3 nitrogen and oxygen atoms in total. The van der Waals surface area contributed by atoms with Gasteiger partial charge in [0.25, 0.3) is 0 Å². The number of aryl methyl sites for hydroxylation is 1. The highest BCUT2D eigenvalue weighted by Gasteiger charge is 2.27. The molecular weight excluding hydrogens is 202 g/mol. The molecule has 16 heavy (non-hydrogen) atoms. The Morgan fingerprint density at radius 3 is 3.31 bits per heavy atom. The lowest BCUT2D eigenvalue weighted by Gasteiger charge is -2.28. The molecule has 1 aliphatic rings. The zero-order chi connectivity index (χ0) is 11.4. The number of fused-ring (bicyclic) bond motifs is 1. The summed E-state index contributed by atoms with van der Waals surface area (Å²) < 4.78 is 5.29. The van der Waals surface area contributed by atoms with Crippen LogP contribution < -0.4 is 0 Å². The Kier molecular flexibility index (Phi) is 3.91. The van der Waals surface area contributed by atoms with Gasteiger partial charge in [0.15, 0.2) is 0 Å². The molecule has 1 heterocycles. The fraction of sp³-hybridized carbons (Fsp3) is 0.615. The lowest BCUT2D eigenvalue weighted by molar-refractivity contribution is 0.0232. The van der Waals surface area contributed by atoms with Crippen molar-refractivity contribution in [3.05, 3.63) is 29.6 Å². The molecule has 1 aromatic rings. The molecule has 0 aromatic carbocycles. The molecule has 0 saturated heterocycles. The first-order valence-corrected chi connectivity index (χ1v) is 6.02. The minimum atomic E-state index is -0.422. The van der Waals surface area contributed by atoms with Crippen molar-refractivity contribution in [2.75, 3.05) is 13.2 Å². The SMILES string of the molecule is CCOCC(O)C1CCCc2cccnc21. The van der Waals surface area contributed by atoms with Gasteiger partial charge in [-0.05, 0) is 37.8 Å². The van der Waals surface area contributed by atoms with E-state index in [-0.39, 0.29) is 5.92 Å². The number of aliphatic hydroxyl groups is 1. The lowest BCUT2D eigenvalue weighted by atomic mass is 9.83. The molecule has 0 saturated carbocycles. The highest BCUT2D eigenvalue weighted by molar-refractivity contribution is 5.26. The van der Waals surface area contributed by atoms with Crippen LogP contribution in [-0.2, 0) is 11.2 Å². The van der Waals surface area contributed by atoms with Gasteiger partial charge < -0.3 is 9.84 Å². The summed E-state index contributed by atoms with van der Waals surface area (Å²) in [5.74, 6) is 0.150. The quantitative estimate of drug-likeness (QED) is 0.844. The van der Waals surface area contributed by atoms with E-state index in [0.717, 1.165) is 25.0 Å². The van der Waals surface area contributed by atoms with E-state index in [1.165, 1.54) is 5.56 Å². The van der Waals surface area contributed by atoms with Crippen LogP contribution in [0.2, 0.25) is 0 Å². The molecule has 88 valence electrons. The lowest BCUT2D eigenvalue weighted by Crippen LogP contribution is -2.28. The minimum Gasteiger partial charge on any atom is -0.390 e. The minimum absolute atomic E-state index is 0.150. The van der Waals surface area contributed by atoms with Gasteiger partial charge in [0, 0.05) is 24.4 Å². The van der Waals surface area contributed by atoms with Gasteiger partial charge >= 0.3 is 0 Å². The largest absolute Gasteiger partial charge is 0.390 e. The van der Waals surface area contributed by atoms with E-state index >= 15 is 0 Å². The van der Waals surface area contributed by atoms with E-state index in [1.807, 2.05) is 19.2 Å². The number of aromatic nitrogens is 1. The molecule has 2 atom stereocenters. The molecule has 2 unspecified atom stereocenters. The van der Waals surface area contributed by atoms with Crippen LogP contribution in [0.4, 0.5) is 0 Å². The predicted octanol–water partition coefficient (Wildman–Crippen LogP) is 1.90. The van der Waals surface area contributed by atoms with Crippen molar-refractivity contribution in [1.29, 1.82) is 0 Å². The van der Waals surface area contributed by atoms with Crippen molar-refractivity contribution in [3.8, 4) is 0 Å². The first-order chi connectivity index (χ1) is 7.83. The number of nitrogens with zero attached hydrogens (tertiary/aromatic N) is 1. The summed E-state index contributed by atoms with van der Waals surface area (Å²) in [5.41, 5.74) is 2.36. The van der Waals surface area contributed by atoms with Crippen LogP contribution in [0, 0.1) is 0 Å². The summed E-state index contributed by atoms with van der Waals surface area (Å²) in [6.45, 7) is 3.01. The van der Waals surface area contributed by atoms with Crippen LogP contribution in [0.25, 0.3) is 0 Å². The summed E-state index contributed by atoms with van der Waals surface area (Å²) in [4.78, 5) is 4.41. The van der Waals surface area contributed by atoms with Crippen molar-refractivity contribution in [2.24, 2.45) is 0 Å². The van der Waals surface area contributed by atoms with E-state index in [2.05, 4.69) is 11.1 Å². The normalized spacial score (nSPS) is 21.5. The van der Waals surface area contributed by atoms with Crippen LogP contribution in [-0.4, -0.2) is 29.4 Å². The van der Waals surface area contributed by atoms with Crippen LogP contribution in [0.5, 0.6) is 0 Å². The van der Waals surface area contributed by atoms with Gasteiger partial charge in [-0.15, -0.1) is 0 Å². The van der Waals surface area contributed by atoms with Crippen molar-refractivity contribution < 1.29 is 9.84 Å². The maximum absolute atomic E-state index is 10.1. The fourth-order valence-electron chi connectivity index (χ4n) is 2.37. The maximum atomic E-state index is 10.1. The topological polar surface area (TPSA) is 42.4 Å². The van der Waals surface area contributed by atoms with Crippen molar-refractivity contribution >= 4 is 0 Å².